The Labute approximate surface area is 248 Å². The number of hydrogen-bond donors (Lipinski definition) is 0. The second kappa shape index (κ2) is 19.1. The molecule has 0 aliphatic carbocycles. The molecule has 0 heterocycles. The summed E-state index contributed by atoms with van der Waals surface area (Å²) in [7, 11) is 0. The number of ether oxygens (including phenoxy) is 3. The minimum Gasteiger partial charge on any atom is -0.494 e. The third kappa shape index (κ3) is 12.1. The summed E-state index contributed by atoms with van der Waals surface area (Å²) < 4.78 is 17.5. The van der Waals surface area contributed by atoms with E-state index in [-0.39, 0.29) is 12.1 Å². The fraction of sp³-hybridized carbons (Fsp3) is 0.486. The maximum atomic E-state index is 12.7. The lowest BCUT2D eigenvalue weighted by molar-refractivity contribution is 0.0628. The molecule has 0 saturated carbocycles. The van der Waals surface area contributed by atoms with Gasteiger partial charge in [-0.15, -0.1) is 0 Å². The summed E-state index contributed by atoms with van der Waals surface area (Å²) >= 11 is 0. The minimum atomic E-state index is -0.375. The van der Waals surface area contributed by atoms with Crippen LogP contribution < -0.4 is 9.47 Å². The van der Waals surface area contributed by atoms with Crippen LogP contribution in [-0.4, -0.2) is 19.2 Å². The van der Waals surface area contributed by atoms with Gasteiger partial charge in [-0.05, 0) is 72.9 Å². The predicted octanol–water partition coefficient (Wildman–Crippen LogP) is 10.8. The summed E-state index contributed by atoms with van der Waals surface area (Å²) in [5.41, 5.74) is 3.87. The smallest absolute Gasteiger partial charge is 0.343 e. The van der Waals surface area contributed by atoms with Gasteiger partial charge in [-0.25, -0.2) is 4.79 Å². The lowest BCUT2D eigenvalue weighted by atomic mass is 10.0. The zero-order chi connectivity index (χ0) is 29.1. The van der Waals surface area contributed by atoms with Gasteiger partial charge in [0.2, 0.25) is 0 Å². The van der Waals surface area contributed by atoms with Crippen molar-refractivity contribution in [3.05, 3.63) is 83.9 Å². The third-order valence-corrected chi connectivity index (χ3v) is 7.50. The highest BCUT2D eigenvalue weighted by Crippen LogP contribution is 2.26. The highest BCUT2D eigenvalue weighted by molar-refractivity contribution is 5.91. The Hall–Kier alpha value is -3.11. The first-order chi connectivity index (χ1) is 20.1. The van der Waals surface area contributed by atoms with Crippen molar-refractivity contribution >= 4 is 5.97 Å². The van der Waals surface area contributed by atoms with E-state index in [2.05, 4.69) is 45.0 Å². The average molecular weight is 559 g/mol. The number of esters is 1. The molecule has 0 bridgehead atoms. The highest BCUT2D eigenvalue weighted by atomic mass is 16.5. The molecule has 0 saturated heterocycles. The molecule has 0 aliphatic rings. The first-order valence-electron chi connectivity index (χ1n) is 15.9. The fourth-order valence-electron chi connectivity index (χ4n) is 4.83. The van der Waals surface area contributed by atoms with Crippen LogP contribution in [0, 0.1) is 0 Å². The summed E-state index contributed by atoms with van der Waals surface area (Å²) in [6, 6.07) is 23.3. The van der Waals surface area contributed by atoms with Crippen molar-refractivity contribution in [3.8, 4) is 22.6 Å². The van der Waals surface area contributed by atoms with Crippen LogP contribution in [0.4, 0.5) is 0 Å². The number of benzene rings is 3. The molecule has 3 rings (SSSR count). The maximum absolute atomic E-state index is 12.7. The molecule has 4 nitrogen and oxygen atoms in total. The van der Waals surface area contributed by atoms with Crippen molar-refractivity contribution < 1.29 is 19.0 Å². The number of unbranched alkanes of at least 4 members (excludes halogenated alkanes) is 10. The van der Waals surface area contributed by atoms with Gasteiger partial charge < -0.3 is 14.2 Å². The van der Waals surface area contributed by atoms with Gasteiger partial charge in [0.15, 0.2) is 0 Å². The number of hydrogen-bond acceptors (Lipinski definition) is 4. The standard InChI is InChI=1S/C37H50O4/c1-4-6-8-10-11-12-13-15-29-40-35-24-22-34(23-25-35)37(38)41-36-26-20-33(21-27-36)32-18-16-31(17-19-32)30(3)39-28-14-9-7-5-2/h16-27,30H,4-15,28-29H2,1-3H3. The first kappa shape index (κ1) is 32.4. The molecule has 4 heteroatoms. The molecule has 0 aromatic heterocycles. The van der Waals surface area contributed by atoms with Crippen molar-refractivity contribution in [2.24, 2.45) is 0 Å². The molecule has 0 N–H and O–H groups in total. The van der Waals surface area contributed by atoms with Gasteiger partial charge in [0, 0.05) is 6.61 Å². The monoisotopic (exact) mass is 558 g/mol. The average Bonchev–Trinajstić information content (AvgIpc) is 3.01. The molecule has 41 heavy (non-hydrogen) atoms. The van der Waals surface area contributed by atoms with Crippen LogP contribution in [-0.2, 0) is 4.74 Å². The second-order valence-corrected chi connectivity index (χ2v) is 11.0. The summed E-state index contributed by atoms with van der Waals surface area (Å²) in [5.74, 6) is 0.934. The number of rotatable bonds is 20. The topological polar surface area (TPSA) is 44.8 Å². The van der Waals surface area contributed by atoms with E-state index in [1.165, 1.54) is 69.8 Å². The highest BCUT2D eigenvalue weighted by Gasteiger charge is 2.10. The van der Waals surface area contributed by atoms with Crippen molar-refractivity contribution in [2.45, 2.75) is 104 Å². The Balaban J connectivity index is 1.39. The van der Waals surface area contributed by atoms with Crippen LogP contribution in [0.3, 0.4) is 0 Å². The molecule has 1 unspecified atom stereocenters. The Kier molecular flexibility index (Phi) is 15.1. The van der Waals surface area contributed by atoms with Gasteiger partial charge >= 0.3 is 5.97 Å². The Bertz CT molecular complexity index is 1100. The zero-order valence-corrected chi connectivity index (χ0v) is 25.5. The van der Waals surface area contributed by atoms with E-state index in [1.807, 2.05) is 36.4 Å². The van der Waals surface area contributed by atoms with Crippen LogP contribution in [0.25, 0.3) is 11.1 Å². The van der Waals surface area contributed by atoms with Gasteiger partial charge in [-0.3, -0.25) is 0 Å². The van der Waals surface area contributed by atoms with Gasteiger partial charge in [-0.2, -0.15) is 0 Å². The van der Waals surface area contributed by atoms with E-state index >= 15 is 0 Å². The summed E-state index contributed by atoms with van der Waals surface area (Å²) in [5, 5.41) is 0. The second-order valence-electron chi connectivity index (χ2n) is 11.0. The quantitative estimate of drug-likeness (QED) is 0.0786. The Morgan fingerprint density at radius 1 is 0.585 bits per heavy atom. The van der Waals surface area contributed by atoms with Crippen molar-refractivity contribution in [3.63, 3.8) is 0 Å². The van der Waals surface area contributed by atoms with Crippen LogP contribution in [0.1, 0.15) is 120 Å². The molecule has 3 aromatic rings. The van der Waals surface area contributed by atoms with E-state index in [0.717, 1.165) is 36.3 Å². The third-order valence-electron chi connectivity index (χ3n) is 7.50. The molecule has 0 aliphatic heterocycles. The van der Waals surface area contributed by atoms with Crippen LogP contribution >= 0.6 is 0 Å². The molecule has 0 amide bonds. The molecular weight excluding hydrogens is 508 g/mol. The van der Waals surface area contributed by atoms with Gasteiger partial charge in [0.1, 0.15) is 11.5 Å². The maximum Gasteiger partial charge on any atom is 0.343 e. The first-order valence-corrected chi connectivity index (χ1v) is 15.9. The fourth-order valence-corrected chi connectivity index (χ4v) is 4.83. The molecule has 222 valence electrons. The molecule has 0 spiro atoms. The van der Waals surface area contributed by atoms with Crippen LogP contribution in [0.2, 0.25) is 0 Å². The van der Waals surface area contributed by atoms with Crippen LogP contribution in [0.5, 0.6) is 11.5 Å². The Morgan fingerprint density at radius 2 is 1.07 bits per heavy atom. The van der Waals surface area contributed by atoms with E-state index in [9.17, 15) is 4.79 Å². The molecular formula is C37H50O4. The Morgan fingerprint density at radius 3 is 1.68 bits per heavy atom. The molecule has 1 atom stereocenters. The predicted molar refractivity (Wildman–Crippen MR) is 170 cm³/mol. The lowest BCUT2D eigenvalue weighted by Gasteiger charge is -2.14. The largest absolute Gasteiger partial charge is 0.494 e. The summed E-state index contributed by atoms with van der Waals surface area (Å²) in [4.78, 5) is 12.7. The van der Waals surface area contributed by atoms with Crippen molar-refractivity contribution in [2.75, 3.05) is 13.2 Å². The lowest BCUT2D eigenvalue weighted by Crippen LogP contribution is -2.08. The van der Waals surface area contributed by atoms with Gasteiger partial charge in [-0.1, -0.05) is 114 Å². The molecule has 3 aromatic carbocycles. The summed E-state index contributed by atoms with van der Waals surface area (Å²) in [6.07, 6.45) is 15.2. The number of carbonyl (C=O) groups is 1. The van der Waals surface area contributed by atoms with Gasteiger partial charge in [0.25, 0.3) is 0 Å². The van der Waals surface area contributed by atoms with E-state index < -0.39 is 0 Å². The molecule has 0 fully saturated rings. The van der Waals surface area contributed by atoms with E-state index in [1.54, 1.807) is 12.1 Å². The van der Waals surface area contributed by atoms with Crippen molar-refractivity contribution in [1.29, 1.82) is 0 Å². The van der Waals surface area contributed by atoms with E-state index in [0.29, 0.717) is 17.9 Å². The van der Waals surface area contributed by atoms with E-state index in [4.69, 9.17) is 14.2 Å². The van der Waals surface area contributed by atoms with Crippen LogP contribution in [0.15, 0.2) is 72.8 Å². The van der Waals surface area contributed by atoms with Gasteiger partial charge in [0.05, 0.1) is 18.3 Å². The normalized spacial score (nSPS) is 11.8. The summed E-state index contributed by atoms with van der Waals surface area (Å²) in [6.45, 7) is 8.09. The minimum absolute atomic E-state index is 0.0861. The zero-order valence-electron chi connectivity index (χ0n) is 25.5. The number of carbonyl (C=O) groups excluding carboxylic acids is 1. The van der Waals surface area contributed by atoms with Crippen molar-refractivity contribution in [1.82, 2.24) is 0 Å². The molecule has 0 radical (unpaired) electrons. The SMILES string of the molecule is CCCCCCCCCCOc1ccc(C(=O)Oc2ccc(-c3ccc(C(C)OCCCCCC)cc3)cc2)cc1.